The molecule has 0 fully saturated rings. The van der Waals surface area contributed by atoms with Crippen LogP contribution in [0.25, 0.3) is 16.9 Å². The number of nitrogen functional groups attached to an aromatic ring is 1. The van der Waals surface area contributed by atoms with Crippen molar-refractivity contribution in [2.75, 3.05) is 5.73 Å². The minimum atomic E-state index is -1.51. The van der Waals surface area contributed by atoms with E-state index in [4.69, 9.17) is 5.73 Å². The van der Waals surface area contributed by atoms with E-state index < -0.39 is 17.5 Å². The van der Waals surface area contributed by atoms with E-state index in [0.29, 0.717) is 16.9 Å². The molecule has 0 spiro atoms. The van der Waals surface area contributed by atoms with Gasteiger partial charge >= 0.3 is 0 Å². The largest absolute Gasteiger partial charge is 0.398 e. The first kappa shape index (κ1) is 13.2. The summed E-state index contributed by atoms with van der Waals surface area (Å²) in [4.78, 5) is 7.89. The smallest absolute Gasteiger partial charge is 0.194 e. The van der Waals surface area contributed by atoms with Gasteiger partial charge in [-0.2, -0.15) is 0 Å². The number of anilines is 1. The molecule has 0 amide bonds. The summed E-state index contributed by atoms with van der Waals surface area (Å²) >= 11 is 0. The van der Waals surface area contributed by atoms with Gasteiger partial charge in [-0.1, -0.05) is 0 Å². The van der Waals surface area contributed by atoms with Crippen molar-refractivity contribution in [1.82, 2.24) is 14.5 Å². The third-order valence-corrected chi connectivity index (χ3v) is 3.02. The molecule has 0 atom stereocenters. The molecule has 106 valence electrons. The number of benzene rings is 1. The van der Waals surface area contributed by atoms with Crippen LogP contribution in [0.4, 0.5) is 18.9 Å². The summed E-state index contributed by atoms with van der Waals surface area (Å²) in [6, 6.07) is 3.37. The van der Waals surface area contributed by atoms with E-state index in [1.807, 2.05) is 0 Å². The maximum atomic E-state index is 13.4. The molecule has 4 nitrogen and oxygen atoms in total. The maximum absolute atomic E-state index is 13.4. The number of pyridine rings is 1. The lowest BCUT2D eigenvalue weighted by atomic mass is 10.1. The Balaban J connectivity index is 2.18. The zero-order chi connectivity index (χ0) is 15.0. The highest BCUT2D eigenvalue weighted by atomic mass is 19.2. The number of nitrogens with zero attached hydrogens (tertiary/aromatic N) is 3. The minimum absolute atomic E-state index is 0.0992. The lowest BCUT2D eigenvalue weighted by molar-refractivity contribution is 0.446. The monoisotopic (exact) mass is 290 g/mol. The molecule has 0 radical (unpaired) electrons. The SMILES string of the molecule is Nc1ccncc1-c1cncn1-c1cc(F)c(F)c(F)c1. The molecule has 1 aromatic carbocycles. The van der Waals surface area contributed by atoms with E-state index in [1.54, 1.807) is 6.07 Å². The quantitative estimate of drug-likeness (QED) is 0.738. The summed E-state index contributed by atoms with van der Waals surface area (Å²) in [7, 11) is 0. The lowest BCUT2D eigenvalue weighted by Crippen LogP contribution is -2.01. The van der Waals surface area contributed by atoms with E-state index in [-0.39, 0.29) is 5.69 Å². The van der Waals surface area contributed by atoms with Crippen molar-refractivity contribution in [1.29, 1.82) is 0 Å². The Morgan fingerprint density at radius 2 is 1.71 bits per heavy atom. The predicted molar refractivity (Wildman–Crippen MR) is 71.1 cm³/mol. The predicted octanol–water partition coefficient (Wildman–Crippen LogP) is 2.93. The van der Waals surface area contributed by atoms with Gasteiger partial charge in [0.25, 0.3) is 0 Å². The highest BCUT2D eigenvalue weighted by molar-refractivity contribution is 5.73. The molecule has 3 rings (SSSR count). The van der Waals surface area contributed by atoms with Gasteiger partial charge in [-0.15, -0.1) is 0 Å². The minimum Gasteiger partial charge on any atom is -0.398 e. The fraction of sp³-hybridized carbons (Fsp3) is 0. The van der Waals surface area contributed by atoms with Crippen molar-refractivity contribution in [2.45, 2.75) is 0 Å². The second-order valence-electron chi connectivity index (χ2n) is 4.34. The second-order valence-corrected chi connectivity index (χ2v) is 4.34. The third-order valence-electron chi connectivity index (χ3n) is 3.02. The van der Waals surface area contributed by atoms with Crippen molar-refractivity contribution in [3.05, 3.63) is 60.6 Å². The number of rotatable bonds is 2. The number of hydrogen-bond acceptors (Lipinski definition) is 3. The van der Waals surface area contributed by atoms with Gasteiger partial charge in [0, 0.05) is 35.8 Å². The van der Waals surface area contributed by atoms with E-state index in [9.17, 15) is 13.2 Å². The summed E-state index contributed by atoms with van der Waals surface area (Å²) in [5.41, 5.74) is 7.44. The van der Waals surface area contributed by atoms with Gasteiger partial charge in [-0.25, -0.2) is 18.2 Å². The van der Waals surface area contributed by atoms with Gasteiger partial charge in [0.2, 0.25) is 0 Å². The molecule has 3 aromatic rings. The van der Waals surface area contributed by atoms with E-state index >= 15 is 0 Å². The Hall–Kier alpha value is -2.83. The second kappa shape index (κ2) is 4.93. The molecule has 0 aliphatic carbocycles. The summed E-state index contributed by atoms with van der Waals surface area (Å²) in [6.07, 6.45) is 5.87. The zero-order valence-corrected chi connectivity index (χ0v) is 10.6. The number of imidazole rings is 1. The first-order chi connectivity index (χ1) is 10.1. The normalized spacial score (nSPS) is 10.8. The van der Waals surface area contributed by atoms with Crippen molar-refractivity contribution in [3.8, 4) is 16.9 Å². The molecule has 0 aliphatic rings. The molecule has 0 aliphatic heterocycles. The Morgan fingerprint density at radius 3 is 2.38 bits per heavy atom. The Labute approximate surface area is 117 Å². The Morgan fingerprint density at radius 1 is 1.00 bits per heavy atom. The number of nitrogens with two attached hydrogens (primary N) is 1. The molecular formula is C14H9F3N4. The van der Waals surface area contributed by atoms with Crippen LogP contribution >= 0.6 is 0 Å². The standard InChI is InChI=1S/C14H9F3N4/c15-10-3-8(4-11(16)14(10)17)21-7-20-6-13(21)9-5-19-2-1-12(9)18/h1-7H,(H2,18,19). The summed E-state index contributed by atoms with van der Waals surface area (Å²) in [5.74, 6) is -4.06. The van der Waals surface area contributed by atoms with Crippen LogP contribution in [0.2, 0.25) is 0 Å². The van der Waals surface area contributed by atoms with Crippen LogP contribution in [0.15, 0.2) is 43.1 Å². The molecule has 7 heteroatoms. The molecule has 21 heavy (non-hydrogen) atoms. The highest BCUT2D eigenvalue weighted by Gasteiger charge is 2.15. The Kier molecular flexibility index (Phi) is 3.09. The molecule has 2 aromatic heterocycles. The van der Waals surface area contributed by atoms with Gasteiger partial charge in [0.05, 0.1) is 23.9 Å². The van der Waals surface area contributed by atoms with E-state index in [1.165, 1.54) is 29.5 Å². The van der Waals surface area contributed by atoms with Gasteiger partial charge in [-0.3, -0.25) is 9.55 Å². The van der Waals surface area contributed by atoms with Crippen LogP contribution < -0.4 is 5.73 Å². The highest BCUT2D eigenvalue weighted by Crippen LogP contribution is 2.27. The van der Waals surface area contributed by atoms with Gasteiger partial charge in [0.1, 0.15) is 0 Å². The number of hydrogen-bond donors (Lipinski definition) is 1. The van der Waals surface area contributed by atoms with E-state index in [2.05, 4.69) is 9.97 Å². The molecule has 2 N–H and O–H groups in total. The average Bonchev–Trinajstić information content (AvgIpc) is 2.94. The van der Waals surface area contributed by atoms with Crippen molar-refractivity contribution in [3.63, 3.8) is 0 Å². The van der Waals surface area contributed by atoms with Gasteiger partial charge < -0.3 is 5.73 Å². The maximum Gasteiger partial charge on any atom is 0.194 e. The zero-order valence-electron chi connectivity index (χ0n) is 10.6. The van der Waals surface area contributed by atoms with Crippen LogP contribution in [-0.2, 0) is 0 Å². The van der Waals surface area contributed by atoms with Crippen molar-refractivity contribution in [2.24, 2.45) is 0 Å². The topological polar surface area (TPSA) is 56.7 Å². The first-order valence-electron chi connectivity index (χ1n) is 5.95. The summed E-state index contributed by atoms with van der Waals surface area (Å²) in [6.45, 7) is 0. The van der Waals surface area contributed by atoms with E-state index in [0.717, 1.165) is 12.1 Å². The van der Waals surface area contributed by atoms with Crippen LogP contribution in [0.5, 0.6) is 0 Å². The molecule has 0 bridgehead atoms. The van der Waals surface area contributed by atoms with Gasteiger partial charge in [0.15, 0.2) is 17.5 Å². The molecule has 0 saturated carbocycles. The van der Waals surface area contributed by atoms with Crippen LogP contribution in [0, 0.1) is 17.5 Å². The van der Waals surface area contributed by atoms with Crippen molar-refractivity contribution >= 4 is 5.69 Å². The fourth-order valence-corrected chi connectivity index (χ4v) is 2.00. The third kappa shape index (κ3) is 2.22. The number of aromatic nitrogens is 3. The average molecular weight is 290 g/mol. The number of halogens is 3. The lowest BCUT2D eigenvalue weighted by Gasteiger charge is -2.10. The summed E-state index contributed by atoms with van der Waals surface area (Å²) in [5, 5.41) is 0. The van der Waals surface area contributed by atoms with Crippen LogP contribution in [0.1, 0.15) is 0 Å². The Bertz CT molecular complexity index is 790. The molecule has 0 saturated heterocycles. The van der Waals surface area contributed by atoms with Crippen LogP contribution in [0.3, 0.4) is 0 Å². The first-order valence-corrected chi connectivity index (χ1v) is 5.95. The van der Waals surface area contributed by atoms with Gasteiger partial charge in [-0.05, 0) is 6.07 Å². The molecular weight excluding hydrogens is 281 g/mol. The van der Waals surface area contributed by atoms with Crippen molar-refractivity contribution < 1.29 is 13.2 Å². The van der Waals surface area contributed by atoms with Crippen LogP contribution in [-0.4, -0.2) is 14.5 Å². The molecule has 2 heterocycles. The fourth-order valence-electron chi connectivity index (χ4n) is 2.00. The molecule has 0 unspecified atom stereocenters. The summed E-state index contributed by atoms with van der Waals surface area (Å²) < 4.78 is 41.2.